The first-order chi connectivity index (χ1) is 15.6. The van der Waals surface area contributed by atoms with Crippen molar-refractivity contribution in [2.24, 2.45) is 0 Å². The number of halogens is 2. The molecule has 7 heteroatoms. The van der Waals surface area contributed by atoms with Crippen molar-refractivity contribution in [1.29, 1.82) is 0 Å². The minimum absolute atomic E-state index is 0.00539. The lowest BCUT2D eigenvalue weighted by Crippen LogP contribution is -2.45. The third-order valence-corrected chi connectivity index (χ3v) is 6.01. The van der Waals surface area contributed by atoms with Crippen LogP contribution in [0.1, 0.15) is 35.4 Å². The van der Waals surface area contributed by atoms with Gasteiger partial charge in [0, 0.05) is 36.3 Å². The number of imidazole rings is 1. The average molecular weight is 432 g/mol. The Morgan fingerprint density at radius 1 is 1.06 bits per heavy atom. The summed E-state index contributed by atoms with van der Waals surface area (Å²) in [5.41, 5.74) is 2.60. The topological polar surface area (TPSA) is 61.9 Å². The van der Waals surface area contributed by atoms with Crippen molar-refractivity contribution >= 4 is 16.9 Å². The molecule has 1 atom stereocenters. The number of nitrogens with one attached hydrogen (secondary N) is 1. The highest BCUT2D eigenvalue weighted by molar-refractivity contribution is 6.00. The third kappa shape index (κ3) is 3.75. The highest BCUT2D eigenvalue weighted by Crippen LogP contribution is 2.28. The van der Waals surface area contributed by atoms with Crippen LogP contribution in [-0.4, -0.2) is 38.3 Å². The molecule has 32 heavy (non-hydrogen) atoms. The lowest BCUT2D eigenvalue weighted by molar-refractivity contribution is 0.0612. The van der Waals surface area contributed by atoms with Crippen LogP contribution in [0, 0.1) is 11.6 Å². The van der Waals surface area contributed by atoms with Crippen molar-refractivity contribution in [3.8, 4) is 11.3 Å². The van der Waals surface area contributed by atoms with E-state index in [1.807, 2.05) is 47.4 Å². The molecule has 5 nitrogen and oxygen atoms in total. The van der Waals surface area contributed by atoms with Crippen LogP contribution in [0.3, 0.4) is 0 Å². The zero-order valence-electron chi connectivity index (χ0n) is 17.4. The summed E-state index contributed by atoms with van der Waals surface area (Å²) in [5.74, 6) is -1.38. The lowest BCUT2D eigenvalue weighted by atomic mass is 9.96. The molecule has 1 saturated heterocycles. The number of piperidine rings is 1. The highest BCUT2D eigenvalue weighted by Gasteiger charge is 2.30. The summed E-state index contributed by atoms with van der Waals surface area (Å²) in [4.78, 5) is 27.3. The van der Waals surface area contributed by atoms with Crippen LogP contribution in [0.2, 0.25) is 0 Å². The zero-order valence-corrected chi connectivity index (χ0v) is 17.4. The number of nitrogens with zero attached hydrogens (tertiary/aromatic N) is 3. The van der Waals surface area contributed by atoms with E-state index in [2.05, 4.69) is 15.0 Å². The number of hydrogen-bond donors (Lipinski definition) is 1. The molecule has 0 saturated carbocycles. The first-order valence-corrected chi connectivity index (χ1v) is 10.8. The molecule has 1 amide bonds. The van der Waals surface area contributed by atoms with Gasteiger partial charge in [0.15, 0.2) is 11.6 Å². The standard InChI is InChI=1S/C25H22F2N4O/c26-19-11-12-21-24(23(19)27)30-22(29-21)15-16-7-4-6-14-31(16)25(32)18-9-2-1-8-17(18)20-10-3-5-13-28-20/h1-3,5,8-13,16H,4,6-7,14-15H2,(H,29,30). The molecule has 4 aromatic rings. The second kappa shape index (κ2) is 8.49. The van der Waals surface area contributed by atoms with Crippen molar-refractivity contribution in [3.05, 3.63) is 83.8 Å². The van der Waals surface area contributed by atoms with Crippen molar-refractivity contribution in [2.45, 2.75) is 31.7 Å². The molecular weight excluding hydrogens is 410 g/mol. The molecule has 2 aromatic carbocycles. The lowest BCUT2D eigenvalue weighted by Gasteiger charge is -2.36. The summed E-state index contributed by atoms with van der Waals surface area (Å²) in [5, 5.41) is 0. The van der Waals surface area contributed by atoms with Crippen LogP contribution < -0.4 is 0 Å². The Morgan fingerprint density at radius 3 is 2.75 bits per heavy atom. The van der Waals surface area contributed by atoms with Crippen LogP contribution in [0.25, 0.3) is 22.3 Å². The Bertz CT molecular complexity index is 1270. The van der Waals surface area contributed by atoms with Gasteiger partial charge in [-0.1, -0.05) is 24.3 Å². The third-order valence-electron chi connectivity index (χ3n) is 6.01. The van der Waals surface area contributed by atoms with Gasteiger partial charge in [-0.3, -0.25) is 9.78 Å². The van der Waals surface area contributed by atoms with Gasteiger partial charge in [0.05, 0.1) is 11.2 Å². The molecule has 0 aliphatic carbocycles. The molecule has 1 aliphatic rings. The van der Waals surface area contributed by atoms with Gasteiger partial charge >= 0.3 is 0 Å². The van der Waals surface area contributed by atoms with Crippen LogP contribution >= 0.6 is 0 Å². The quantitative estimate of drug-likeness (QED) is 0.486. The fourth-order valence-electron chi connectivity index (χ4n) is 4.44. The van der Waals surface area contributed by atoms with E-state index in [-0.39, 0.29) is 17.5 Å². The number of H-pyrrole nitrogens is 1. The number of aromatic nitrogens is 3. The molecule has 1 unspecified atom stereocenters. The number of amides is 1. The smallest absolute Gasteiger partial charge is 0.254 e. The molecular formula is C25H22F2N4O. The minimum atomic E-state index is -0.953. The van der Waals surface area contributed by atoms with Gasteiger partial charge in [-0.25, -0.2) is 13.8 Å². The Hall–Kier alpha value is -3.61. The Balaban J connectivity index is 1.45. The molecule has 1 aliphatic heterocycles. The van der Waals surface area contributed by atoms with Crippen molar-refractivity contribution in [1.82, 2.24) is 19.9 Å². The van der Waals surface area contributed by atoms with E-state index in [4.69, 9.17) is 0 Å². The van der Waals surface area contributed by atoms with E-state index in [9.17, 15) is 13.6 Å². The van der Waals surface area contributed by atoms with Gasteiger partial charge in [-0.05, 0) is 49.6 Å². The maximum absolute atomic E-state index is 14.1. The van der Waals surface area contributed by atoms with Gasteiger partial charge in [0.2, 0.25) is 0 Å². The first-order valence-electron chi connectivity index (χ1n) is 10.8. The van der Waals surface area contributed by atoms with Crippen LogP contribution in [0.5, 0.6) is 0 Å². The minimum Gasteiger partial charge on any atom is -0.342 e. The second-order valence-corrected chi connectivity index (χ2v) is 8.05. The van der Waals surface area contributed by atoms with E-state index >= 15 is 0 Å². The molecule has 1 N–H and O–H groups in total. The fourth-order valence-corrected chi connectivity index (χ4v) is 4.44. The number of pyridine rings is 1. The molecule has 2 aromatic heterocycles. The Kier molecular flexibility index (Phi) is 5.39. The van der Waals surface area contributed by atoms with E-state index in [1.165, 1.54) is 6.07 Å². The van der Waals surface area contributed by atoms with Crippen molar-refractivity contribution in [2.75, 3.05) is 6.54 Å². The normalized spacial score (nSPS) is 16.4. The molecule has 5 rings (SSSR count). The summed E-state index contributed by atoms with van der Waals surface area (Å²) in [6, 6.07) is 15.6. The summed E-state index contributed by atoms with van der Waals surface area (Å²) in [6.45, 7) is 0.642. The van der Waals surface area contributed by atoms with Crippen molar-refractivity contribution < 1.29 is 13.6 Å². The number of aromatic amines is 1. The SMILES string of the molecule is O=C(c1ccccc1-c1ccccn1)N1CCCCC1Cc1nc2c(F)c(F)ccc2[nH]1. The summed E-state index contributed by atoms with van der Waals surface area (Å²) < 4.78 is 27.7. The maximum Gasteiger partial charge on any atom is 0.254 e. The van der Waals surface area contributed by atoms with Gasteiger partial charge < -0.3 is 9.88 Å². The molecule has 3 heterocycles. The average Bonchev–Trinajstić information content (AvgIpc) is 3.25. The largest absolute Gasteiger partial charge is 0.342 e. The highest BCUT2D eigenvalue weighted by atomic mass is 19.2. The summed E-state index contributed by atoms with van der Waals surface area (Å²) in [7, 11) is 0. The molecule has 162 valence electrons. The second-order valence-electron chi connectivity index (χ2n) is 8.05. The summed E-state index contributed by atoms with van der Waals surface area (Å²) >= 11 is 0. The van der Waals surface area contributed by atoms with Gasteiger partial charge in [0.25, 0.3) is 5.91 Å². The van der Waals surface area contributed by atoms with Crippen molar-refractivity contribution in [3.63, 3.8) is 0 Å². The monoisotopic (exact) mass is 432 g/mol. The number of rotatable bonds is 4. The number of hydrogen-bond acceptors (Lipinski definition) is 3. The number of likely N-dealkylation sites (tertiary alicyclic amines) is 1. The van der Waals surface area contributed by atoms with Crippen LogP contribution in [0.4, 0.5) is 8.78 Å². The molecule has 1 fully saturated rings. The van der Waals surface area contributed by atoms with Crippen LogP contribution in [0.15, 0.2) is 60.8 Å². The molecule has 0 bridgehead atoms. The van der Waals surface area contributed by atoms with Gasteiger partial charge in [0.1, 0.15) is 11.3 Å². The fraction of sp³-hybridized carbons (Fsp3) is 0.240. The Morgan fingerprint density at radius 2 is 1.91 bits per heavy atom. The molecule has 0 spiro atoms. The van der Waals surface area contributed by atoms with Gasteiger partial charge in [-0.15, -0.1) is 0 Å². The Labute approximate surface area is 184 Å². The van der Waals surface area contributed by atoms with Crippen LogP contribution in [-0.2, 0) is 6.42 Å². The van der Waals surface area contributed by atoms with Gasteiger partial charge in [-0.2, -0.15) is 0 Å². The zero-order chi connectivity index (χ0) is 22.1. The number of benzene rings is 2. The number of carbonyl (C=O) groups is 1. The van der Waals surface area contributed by atoms with E-state index in [1.54, 1.807) is 6.20 Å². The van der Waals surface area contributed by atoms with E-state index in [0.717, 1.165) is 36.6 Å². The first kappa shape index (κ1) is 20.3. The predicted molar refractivity (Wildman–Crippen MR) is 118 cm³/mol. The van der Waals surface area contributed by atoms with E-state index < -0.39 is 11.6 Å². The number of fused-ring (bicyclic) bond motifs is 1. The molecule has 0 radical (unpaired) electrons. The maximum atomic E-state index is 14.1. The van der Waals surface area contributed by atoms with E-state index in [0.29, 0.717) is 29.9 Å². The predicted octanol–water partition coefficient (Wildman–Crippen LogP) is 5.14. The number of carbonyl (C=O) groups excluding carboxylic acids is 1. The summed E-state index contributed by atoms with van der Waals surface area (Å²) in [6.07, 6.45) is 4.91.